The second kappa shape index (κ2) is 10.5. The molecular formula is C12H27BO2. The lowest BCUT2D eigenvalue weighted by atomic mass is 9.78. The van der Waals surface area contributed by atoms with Crippen LogP contribution in [-0.2, 0) is 9.31 Å². The second-order valence-electron chi connectivity index (χ2n) is 4.51. The lowest BCUT2D eigenvalue weighted by Crippen LogP contribution is -2.25. The lowest BCUT2D eigenvalue weighted by molar-refractivity contribution is 0.188. The minimum absolute atomic E-state index is 0.0168. The summed E-state index contributed by atoms with van der Waals surface area (Å²) in [4.78, 5) is 0. The molecule has 0 aliphatic carbocycles. The van der Waals surface area contributed by atoms with Crippen LogP contribution in [0.1, 0.15) is 53.4 Å². The highest BCUT2D eigenvalue weighted by molar-refractivity contribution is 6.44. The number of hydrogen-bond donors (Lipinski definition) is 0. The number of hydrogen-bond acceptors (Lipinski definition) is 2. The smallest absolute Gasteiger partial charge is 0.411 e. The Morgan fingerprint density at radius 1 is 0.933 bits per heavy atom. The van der Waals surface area contributed by atoms with E-state index in [1.165, 1.54) is 12.8 Å². The van der Waals surface area contributed by atoms with E-state index in [2.05, 4.69) is 27.7 Å². The van der Waals surface area contributed by atoms with Crippen molar-refractivity contribution in [1.29, 1.82) is 0 Å². The van der Waals surface area contributed by atoms with Crippen LogP contribution in [-0.4, -0.2) is 20.3 Å². The first-order valence-electron chi connectivity index (χ1n) is 6.43. The van der Waals surface area contributed by atoms with Crippen molar-refractivity contribution in [3.05, 3.63) is 0 Å². The maximum Gasteiger partial charge on any atom is 0.457 e. The van der Waals surface area contributed by atoms with Gasteiger partial charge in [-0.15, -0.1) is 0 Å². The van der Waals surface area contributed by atoms with Gasteiger partial charge in [-0.3, -0.25) is 0 Å². The molecule has 0 rings (SSSR count). The fourth-order valence-electron chi connectivity index (χ4n) is 1.29. The molecule has 0 saturated heterocycles. The molecule has 0 heterocycles. The maximum atomic E-state index is 5.72. The predicted octanol–water partition coefficient (Wildman–Crippen LogP) is 3.76. The van der Waals surface area contributed by atoms with Crippen molar-refractivity contribution in [2.45, 2.75) is 59.7 Å². The van der Waals surface area contributed by atoms with E-state index >= 15 is 0 Å². The Hall–Kier alpha value is -0.0151. The molecule has 0 aliphatic rings. The second-order valence-corrected chi connectivity index (χ2v) is 4.51. The first kappa shape index (κ1) is 15.0. The quantitative estimate of drug-likeness (QED) is 0.407. The fraction of sp³-hybridized carbons (Fsp3) is 1.00. The van der Waals surface area contributed by atoms with Crippen molar-refractivity contribution in [2.24, 2.45) is 5.92 Å². The van der Waals surface area contributed by atoms with Crippen molar-refractivity contribution in [3.63, 3.8) is 0 Å². The van der Waals surface area contributed by atoms with Gasteiger partial charge in [0, 0.05) is 13.2 Å². The molecule has 0 saturated carbocycles. The van der Waals surface area contributed by atoms with Gasteiger partial charge < -0.3 is 9.31 Å². The predicted molar refractivity (Wildman–Crippen MR) is 67.1 cm³/mol. The van der Waals surface area contributed by atoms with Crippen molar-refractivity contribution < 1.29 is 9.31 Å². The Balaban J connectivity index is 3.63. The Kier molecular flexibility index (Phi) is 10.5. The molecule has 0 bridgehead atoms. The van der Waals surface area contributed by atoms with Crippen molar-refractivity contribution in [2.75, 3.05) is 13.2 Å². The van der Waals surface area contributed by atoms with Gasteiger partial charge in [0.05, 0.1) is 0 Å². The van der Waals surface area contributed by atoms with E-state index in [0.717, 1.165) is 32.4 Å². The average Bonchev–Trinajstić information content (AvgIpc) is 2.17. The van der Waals surface area contributed by atoms with Gasteiger partial charge in [0.25, 0.3) is 0 Å². The summed E-state index contributed by atoms with van der Waals surface area (Å²) in [6.07, 6.45) is 5.64. The Labute approximate surface area is 95.9 Å². The Morgan fingerprint density at radius 2 is 1.40 bits per heavy atom. The zero-order valence-corrected chi connectivity index (χ0v) is 10.9. The van der Waals surface area contributed by atoms with E-state index in [1.54, 1.807) is 0 Å². The molecule has 0 spiro atoms. The molecule has 2 nitrogen and oxygen atoms in total. The Bertz CT molecular complexity index is 119. The van der Waals surface area contributed by atoms with Gasteiger partial charge in [-0.25, -0.2) is 0 Å². The fourth-order valence-corrected chi connectivity index (χ4v) is 1.29. The van der Waals surface area contributed by atoms with Crippen LogP contribution in [0, 0.1) is 5.92 Å². The van der Waals surface area contributed by atoms with E-state index in [-0.39, 0.29) is 7.12 Å². The van der Waals surface area contributed by atoms with Crippen LogP contribution in [0.3, 0.4) is 0 Å². The van der Waals surface area contributed by atoms with E-state index in [9.17, 15) is 0 Å². The van der Waals surface area contributed by atoms with Crippen LogP contribution in [0.2, 0.25) is 6.32 Å². The van der Waals surface area contributed by atoms with Crippen molar-refractivity contribution in [1.82, 2.24) is 0 Å². The summed E-state index contributed by atoms with van der Waals surface area (Å²) in [5, 5.41) is 0. The standard InChI is InChI=1S/C12H27BO2/c1-5-7-9-14-13(11-12(3)4)15-10-8-6-2/h12H,5-11H2,1-4H3. The molecule has 0 aromatic rings. The summed E-state index contributed by atoms with van der Waals surface area (Å²) >= 11 is 0. The zero-order valence-electron chi connectivity index (χ0n) is 10.9. The molecule has 0 radical (unpaired) electrons. The van der Waals surface area contributed by atoms with Gasteiger partial charge in [0.15, 0.2) is 0 Å². The summed E-state index contributed by atoms with van der Waals surface area (Å²) < 4.78 is 11.4. The molecule has 15 heavy (non-hydrogen) atoms. The first-order valence-corrected chi connectivity index (χ1v) is 6.43. The molecule has 90 valence electrons. The topological polar surface area (TPSA) is 18.5 Å². The summed E-state index contributed by atoms with van der Waals surface area (Å²) in [5.74, 6) is 0.637. The molecular weight excluding hydrogens is 187 g/mol. The third kappa shape index (κ3) is 10.3. The molecule has 0 amide bonds. The SMILES string of the molecule is CCCCOB(CC(C)C)OCCCC. The van der Waals surface area contributed by atoms with E-state index in [0.29, 0.717) is 5.92 Å². The Morgan fingerprint density at radius 3 is 1.73 bits per heavy atom. The summed E-state index contributed by atoms with van der Waals surface area (Å²) in [5.41, 5.74) is 0. The molecule has 3 heteroatoms. The van der Waals surface area contributed by atoms with E-state index < -0.39 is 0 Å². The first-order chi connectivity index (χ1) is 7.20. The zero-order chi connectivity index (χ0) is 11.5. The monoisotopic (exact) mass is 214 g/mol. The third-order valence-electron chi connectivity index (χ3n) is 2.27. The van der Waals surface area contributed by atoms with Crippen LogP contribution in [0.4, 0.5) is 0 Å². The minimum atomic E-state index is 0.0168. The van der Waals surface area contributed by atoms with Gasteiger partial charge in [-0.05, 0) is 25.1 Å². The number of rotatable bonds is 10. The van der Waals surface area contributed by atoms with Crippen LogP contribution < -0.4 is 0 Å². The maximum absolute atomic E-state index is 5.72. The molecule has 0 aromatic carbocycles. The van der Waals surface area contributed by atoms with Gasteiger partial charge in [-0.1, -0.05) is 40.5 Å². The van der Waals surface area contributed by atoms with Crippen molar-refractivity contribution >= 4 is 7.12 Å². The van der Waals surface area contributed by atoms with E-state index in [1.807, 2.05) is 0 Å². The highest BCUT2D eigenvalue weighted by Gasteiger charge is 2.19. The molecule has 0 aromatic heterocycles. The van der Waals surface area contributed by atoms with E-state index in [4.69, 9.17) is 9.31 Å². The highest BCUT2D eigenvalue weighted by atomic mass is 16.6. The minimum Gasteiger partial charge on any atom is -0.411 e. The van der Waals surface area contributed by atoms with Crippen LogP contribution in [0.5, 0.6) is 0 Å². The number of unbranched alkanes of at least 4 members (excludes halogenated alkanes) is 2. The lowest BCUT2D eigenvalue weighted by Gasteiger charge is -2.16. The van der Waals surface area contributed by atoms with Gasteiger partial charge in [0.2, 0.25) is 0 Å². The van der Waals surface area contributed by atoms with Crippen LogP contribution in [0.15, 0.2) is 0 Å². The molecule has 0 fully saturated rings. The highest BCUT2D eigenvalue weighted by Crippen LogP contribution is 2.09. The molecule has 0 N–H and O–H groups in total. The van der Waals surface area contributed by atoms with Gasteiger partial charge in [-0.2, -0.15) is 0 Å². The summed E-state index contributed by atoms with van der Waals surface area (Å²) in [6.45, 7) is 10.4. The van der Waals surface area contributed by atoms with Gasteiger partial charge >= 0.3 is 7.12 Å². The van der Waals surface area contributed by atoms with Crippen LogP contribution >= 0.6 is 0 Å². The van der Waals surface area contributed by atoms with Crippen molar-refractivity contribution in [3.8, 4) is 0 Å². The third-order valence-corrected chi connectivity index (χ3v) is 2.27. The molecule has 0 unspecified atom stereocenters. The van der Waals surface area contributed by atoms with Gasteiger partial charge in [0.1, 0.15) is 0 Å². The summed E-state index contributed by atoms with van der Waals surface area (Å²) in [6, 6.07) is 0. The summed E-state index contributed by atoms with van der Waals surface area (Å²) in [7, 11) is 0.0168. The molecule has 0 aliphatic heterocycles. The molecule has 0 atom stereocenters. The average molecular weight is 214 g/mol. The normalized spacial score (nSPS) is 11.0. The van der Waals surface area contributed by atoms with Crippen LogP contribution in [0.25, 0.3) is 0 Å². The largest absolute Gasteiger partial charge is 0.457 e.